The van der Waals surface area contributed by atoms with Crippen LogP contribution in [0.1, 0.15) is 21.6 Å². The van der Waals surface area contributed by atoms with Gasteiger partial charge in [-0.3, -0.25) is 9.78 Å². The molecule has 2 aromatic heterocycles. The van der Waals surface area contributed by atoms with Gasteiger partial charge in [-0.05, 0) is 44.2 Å². The zero-order valence-corrected chi connectivity index (χ0v) is 15.8. The average molecular weight is 368 g/mol. The van der Waals surface area contributed by atoms with Crippen molar-refractivity contribution in [1.29, 1.82) is 0 Å². The Hall–Kier alpha value is -3.73. The number of amides is 1. The van der Waals surface area contributed by atoms with Crippen molar-refractivity contribution in [2.24, 2.45) is 0 Å². The van der Waals surface area contributed by atoms with Crippen LogP contribution in [-0.4, -0.2) is 20.7 Å². The number of nitrogens with zero attached hydrogens (tertiary/aromatic N) is 3. The molecule has 0 bridgehead atoms. The summed E-state index contributed by atoms with van der Waals surface area (Å²) in [7, 11) is 0. The van der Waals surface area contributed by atoms with E-state index in [-0.39, 0.29) is 5.91 Å². The van der Waals surface area contributed by atoms with E-state index in [1.54, 1.807) is 24.5 Å². The molecular formula is C23H20N4O. The number of hydrogen-bond donors (Lipinski definition) is 1. The first-order chi connectivity index (χ1) is 13.6. The maximum atomic E-state index is 12.7. The number of aryl methyl sites for hydroxylation is 2. The van der Waals surface area contributed by atoms with E-state index in [2.05, 4.69) is 27.5 Å². The lowest BCUT2D eigenvalue weighted by molar-refractivity contribution is 0.102. The Bertz CT molecular complexity index is 1030. The molecule has 0 unspecified atom stereocenters. The average Bonchev–Trinajstić information content (AvgIpc) is 3.15. The van der Waals surface area contributed by atoms with Crippen LogP contribution in [-0.2, 0) is 0 Å². The van der Waals surface area contributed by atoms with Crippen LogP contribution < -0.4 is 5.32 Å². The molecule has 5 heteroatoms. The molecule has 0 fully saturated rings. The van der Waals surface area contributed by atoms with Crippen molar-refractivity contribution in [1.82, 2.24) is 14.8 Å². The largest absolute Gasteiger partial charge is 0.319 e. The molecule has 0 atom stereocenters. The topological polar surface area (TPSA) is 59.8 Å². The predicted molar refractivity (Wildman–Crippen MR) is 111 cm³/mol. The number of pyridine rings is 1. The van der Waals surface area contributed by atoms with Crippen molar-refractivity contribution in [3.63, 3.8) is 0 Å². The van der Waals surface area contributed by atoms with E-state index >= 15 is 0 Å². The molecule has 2 heterocycles. The van der Waals surface area contributed by atoms with Crippen LogP contribution in [0, 0.1) is 13.8 Å². The summed E-state index contributed by atoms with van der Waals surface area (Å²) >= 11 is 0. The highest BCUT2D eigenvalue weighted by Gasteiger charge is 2.17. The number of carbonyl (C=O) groups excluding carboxylic acids is 1. The van der Waals surface area contributed by atoms with E-state index in [0.29, 0.717) is 11.4 Å². The molecule has 28 heavy (non-hydrogen) atoms. The molecule has 2 aromatic carbocycles. The van der Waals surface area contributed by atoms with Crippen LogP contribution in [0.3, 0.4) is 0 Å². The van der Waals surface area contributed by atoms with Crippen molar-refractivity contribution in [3.8, 4) is 16.9 Å². The van der Waals surface area contributed by atoms with Crippen molar-refractivity contribution < 1.29 is 4.79 Å². The van der Waals surface area contributed by atoms with Gasteiger partial charge in [0.25, 0.3) is 5.91 Å². The fraction of sp³-hybridized carbons (Fsp3) is 0.0870. The molecule has 0 aliphatic rings. The second-order valence-electron chi connectivity index (χ2n) is 6.72. The van der Waals surface area contributed by atoms with Gasteiger partial charge < -0.3 is 5.32 Å². The molecular weight excluding hydrogens is 348 g/mol. The smallest absolute Gasteiger partial charge is 0.276 e. The molecule has 0 saturated carbocycles. The Morgan fingerprint density at radius 1 is 0.929 bits per heavy atom. The van der Waals surface area contributed by atoms with Crippen molar-refractivity contribution in [2.45, 2.75) is 13.8 Å². The third kappa shape index (κ3) is 3.69. The summed E-state index contributed by atoms with van der Waals surface area (Å²) in [6, 6.07) is 21.6. The molecule has 4 rings (SSSR count). The van der Waals surface area contributed by atoms with Gasteiger partial charge in [0.1, 0.15) is 0 Å². The van der Waals surface area contributed by atoms with E-state index < -0.39 is 0 Å². The van der Waals surface area contributed by atoms with Gasteiger partial charge in [-0.15, -0.1) is 0 Å². The molecule has 0 aliphatic carbocycles. The lowest BCUT2D eigenvalue weighted by Gasteiger charge is -2.08. The van der Waals surface area contributed by atoms with E-state index in [1.165, 1.54) is 11.1 Å². The molecule has 0 radical (unpaired) electrons. The molecule has 4 aromatic rings. The highest BCUT2D eigenvalue weighted by molar-refractivity contribution is 6.03. The third-order valence-electron chi connectivity index (χ3n) is 4.49. The highest BCUT2D eigenvalue weighted by atomic mass is 16.1. The first-order valence-electron chi connectivity index (χ1n) is 9.06. The first-order valence-corrected chi connectivity index (χ1v) is 9.06. The summed E-state index contributed by atoms with van der Waals surface area (Å²) in [5.74, 6) is -0.271. The SMILES string of the molecule is Cc1ccc(-c2cc(C(=O)Nc3cccnc3)nn2-c2ccc(C)cc2)cc1. The van der Waals surface area contributed by atoms with Gasteiger partial charge in [0.2, 0.25) is 0 Å². The molecule has 1 N–H and O–H groups in total. The Labute approximate surface area is 163 Å². The number of rotatable bonds is 4. The number of anilines is 1. The summed E-state index contributed by atoms with van der Waals surface area (Å²) in [5, 5.41) is 7.43. The summed E-state index contributed by atoms with van der Waals surface area (Å²) in [6.07, 6.45) is 3.27. The van der Waals surface area contributed by atoms with Crippen molar-refractivity contribution in [2.75, 3.05) is 5.32 Å². The summed E-state index contributed by atoms with van der Waals surface area (Å²) in [4.78, 5) is 16.8. The van der Waals surface area contributed by atoms with Gasteiger partial charge >= 0.3 is 0 Å². The highest BCUT2D eigenvalue weighted by Crippen LogP contribution is 2.25. The summed E-state index contributed by atoms with van der Waals surface area (Å²) in [6.45, 7) is 4.09. The Morgan fingerprint density at radius 3 is 2.25 bits per heavy atom. The number of hydrogen-bond acceptors (Lipinski definition) is 3. The lowest BCUT2D eigenvalue weighted by atomic mass is 10.1. The molecule has 0 saturated heterocycles. The van der Waals surface area contributed by atoms with Crippen LogP contribution in [0.4, 0.5) is 5.69 Å². The normalized spacial score (nSPS) is 10.6. The fourth-order valence-electron chi connectivity index (χ4n) is 2.94. The van der Waals surface area contributed by atoms with Gasteiger partial charge in [-0.2, -0.15) is 5.10 Å². The molecule has 1 amide bonds. The maximum absolute atomic E-state index is 12.7. The van der Waals surface area contributed by atoms with Crippen LogP contribution in [0.2, 0.25) is 0 Å². The maximum Gasteiger partial charge on any atom is 0.276 e. The standard InChI is InChI=1S/C23H20N4O/c1-16-5-9-18(10-6-16)22-14-21(23(28)25-19-4-3-13-24-15-19)26-27(22)20-11-7-17(2)8-12-20/h3-15H,1-2H3,(H,25,28). The monoisotopic (exact) mass is 368 g/mol. The van der Waals surface area contributed by atoms with Gasteiger partial charge in [0.05, 0.1) is 23.3 Å². The van der Waals surface area contributed by atoms with Crippen LogP contribution in [0.5, 0.6) is 0 Å². The van der Waals surface area contributed by atoms with E-state index in [1.807, 2.05) is 61.0 Å². The molecule has 0 spiro atoms. The minimum Gasteiger partial charge on any atom is -0.319 e. The van der Waals surface area contributed by atoms with Gasteiger partial charge in [-0.25, -0.2) is 4.68 Å². The summed E-state index contributed by atoms with van der Waals surface area (Å²) < 4.78 is 1.81. The number of benzene rings is 2. The van der Waals surface area contributed by atoms with Crippen LogP contribution in [0.25, 0.3) is 16.9 Å². The van der Waals surface area contributed by atoms with E-state index in [9.17, 15) is 4.79 Å². The van der Waals surface area contributed by atoms with Gasteiger partial charge in [0.15, 0.2) is 5.69 Å². The van der Waals surface area contributed by atoms with E-state index in [4.69, 9.17) is 0 Å². The molecule has 5 nitrogen and oxygen atoms in total. The third-order valence-corrected chi connectivity index (χ3v) is 4.49. The Kier molecular flexibility index (Phi) is 4.72. The zero-order chi connectivity index (χ0) is 19.5. The number of carbonyl (C=O) groups is 1. The minimum absolute atomic E-state index is 0.271. The predicted octanol–water partition coefficient (Wildman–Crippen LogP) is 4.80. The Morgan fingerprint density at radius 2 is 1.61 bits per heavy atom. The van der Waals surface area contributed by atoms with Crippen LogP contribution in [0.15, 0.2) is 79.1 Å². The van der Waals surface area contributed by atoms with Crippen molar-refractivity contribution >= 4 is 11.6 Å². The molecule has 138 valence electrons. The van der Waals surface area contributed by atoms with Gasteiger partial charge in [0, 0.05) is 11.8 Å². The zero-order valence-electron chi connectivity index (χ0n) is 15.8. The second kappa shape index (κ2) is 7.48. The fourth-order valence-corrected chi connectivity index (χ4v) is 2.94. The first kappa shape index (κ1) is 17.7. The van der Waals surface area contributed by atoms with Crippen LogP contribution >= 0.6 is 0 Å². The van der Waals surface area contributed by atoms with Crippen molar-refractivity contribution in [3.05, 3.63) is 95.9 Å². The Balaban J connectivity index is 1.76. The summed E-state index contributed by atoms with van der Waals surface area (Å²) in [5.41, 5.74) is 6.09. The number of aromatic nitrogens is 3. The molecule has 0 aliphatic heterocycles. The quantitative estimate of drug-likeness (QED) is 0.563. The van der Waals surface area contributed by atoms with E-state index in [0.717, 1.165) is 16.9 Å². The minimum atomic E-state index is -0.271. The lowest BCUT2D eigenvalue weighted by Crippen LogP contribution is -2.13. The second-order valence-corrected chi connectivity index (χ2v) is 6.72. The number of nitrogens with one attached hydrogen (secondary N) is 1. The van der Waals surface area contributed by atoms with Gasteiger partial charge in [-0.1, -0.05) is 47.5 Å².